The van der Waals surface area contributed by atoms with E-state index in [2.05, 4.69) is 29.8 Å². The van der Waals surface area contributed by atoms with Crippen LogP contribution in [0, 0.1) is 17.8 Å². The van der Waals surface area contributed by atoms with Crippen LogP contribution in [0.25, 0.3) is 0 Å². The zero-order valence-electron chi connectivity index (χ0n) is 16.1. The number of carbonyl (C=O) groups is 3. The summed E-state index contributed by atoms with van der Waals surface area (Å²) < 4.78 is 0. The molecule has 150 valence electrons. The minimum Gasteiger partial charge on any atom is -0.394 e. The molecule has 0 aromatic rings. The lowest BCUT2D eigenvalue weighted by molar-refractivity contribution is -0.135. The van der Waals surface area contributed by atoms with Gasteiger partial charge in [0.15, 0.2) is 5.78 Å². The van der Waals surface area contributed by atoms with Crippen molar-refractivity contribution in [1.82, 2.24) is 16.0 Å². The largest absolute Gasteiger partial charge is 0.394 e. The van der Waals surface area contributed by atoms with E-state index in [1.165, 1.54) is 13.8 Å². The van der Waals surface area contributed by atoms with Gasteiger partial charge in [-0.25, -0.2) is 0 Å². The van der Waals surface area contributed by atoms with Crippen LogP contribution in [-0.2, 0) is 14.4 Å². The van der Waals surface area contributed by atoms with Gasteiger partial charge in [0.1, 0.15) is 12.1 Å². The molecule has 0 bridgehead atoms. The predicted molar refractivity (Wildman–Crippen MR) is 97.2 cm³/mol. The standard InChI is InChI=1S/C18H33N3O5/c1-10(2)5-13-6-14(8-19-7-13)17(25)21-16(12(4)24)18(26)20-15(9-22)11(3)23/h10,12-16,19,22,24H,5-9H2,1-4H3,(H,20,26)(H,21,25)/t12-,13-,14-,15+,16-/m0/s1. The molecule has 1 saturated heterocycles. The molecule has 0 aromatic carbocycles. The van der Waals surface area contributed by atoms with Gasteiger partial charge in [0.25, 0.3) is 0 Å². The molecule has 0 spiro atoms. The molecule has 1 heterocycles. The van der Waals surface area contributed by atoms with E-state index < -0.39 is 36.5 Å². The number of Topliss-reactive ketones (excluding diaryl/α,β-unsaturated/α-hetero) is 1. The van der Waals surface area contributed by atoms with Crippen molar-refractivity contribution in [3.8, 4) is 0 Å². The van der Waals surface area contributed by atoms with Crippen LogP contribution in [-0.4, -0.2) is 65.7 Å². The third kappa shape index (κ3) is 7.01. The Bertz CT molecular complexity index is 495. The van der Waals surface area contributed by atoms with Gasteiger partial charge in [-0.1, -0.05) is 13.8 Å². The molecule has 1 aliphatic rings. The number of carbonyl (C=O) groups excluding carboxylic acids is 3. The molecule has 0 aliphatic carbocycles. The molecule has 2 amide bonds. The fourth-order valence-electron chi connectivity index (χ4n) is 3.29. The number of hydrogen-bond donors (Lipinski definition) is 5. The number of amides is 2. The van der Waals surface area contributed by atoms with Crippen LogP contribution in [0.3, 0.4) is 0 Å². The number of rotatable bonds is 9. The van der Waals surface area contributed by atoms with Crippen LogP contribution in [0.2, 0.25) is 0 Å². The Balaban J connectivity index is 2.69. The van der Waals surface area contributed by atoms with Crippen LogP contribution < -0.4 is 16.0 Å². The fourth-order valence-corrected chi connectivity index (χ4v) is 3.29. The van der Waals surface area contributed by atoms with Gasteiger partial charge in [0.05, 0.1) is 18.6 Å². The van der Waals surface area contributed by atoms with Gasteiger partial charge in [-0.3, -0.25) is 14.4 Å². The van der Waals surface area contributed by atoms with Gasteiger partial charge in [0.2, 0.25) is 11.8 Å². The lowest BCUT2D eigenvalue weighted by Crippen LogP contribution is -2.58. The first-order chi connectivity index (χ1) is 12.1. The zero-order valence-corrected chi connectivity index (χ0v) is 16.1. The Morgan fingerprint density at radius 3 is 2.31 bits per heavy atom. The Morgan fingerprint density at radius 2 is 1.81 bits per heavy atom. The second-order valence-corrected chi connectivity index (χ2v) is 7.67. The summed E-state index contributed by atoms with van der Waals surface area (Å²) in [6.45, 7) is 7.80. The normalized spacial score (nSPS) is 23.8. The summed E-state index contributed by atoms with van der Waals surface area (Å²) in [5.74, 6) is -0.718. The van der Waals surface area contributed by atoms with Crippen molar-refractivity contribution in [2.75, 3.05) is 19.7 Å². The average molecular weight is 371 g/mol. The Hall–Kier alpha value is -1.51. The quantitative estimate of drug-likeness (QED) is 0.361. The molecule has 5 N–H and O–H groups in total. The molecular formula is C18H33N3O5. The molecule has 1 rings (SSSR count). The van der Waals surface area contributed by atoms with E-state index in [4.69, 9.17) is 5.11 Å². The van der Waals surface area contributed by atoms with E-state index in [-0.39, 0.29) is 11.8 Å². The Morgan fingerprint density at radius 1 is 1.15 bits per heavy atom. The summed E-state index contributed by atoms with van der Waals surface area (Å²) in [6.07, 6.45) is 0.624. The first-order valence-corrected chi connectivity index (χ1v) is 9.26. The number of hydrogen-bond acceptors (Lipinski definition) is 6. The van der Waals surface area contributed by atoms with Gasteiger partial charge in [-0.2, -0.15) is 0 Å². The van der Waals surface area contributed by atoms with Crippen LogP contribution in [0.1, 0.15) is 40.5 Å². The molecule has 0 saturated carbocycles. The van der Waals surface area contributed by atoms with E-state index in [9.17, 15) is 19.5 Å². The molecule has 8 heteroatoms. The minimum absolute atomic E-state index is 0.275. The highest BCUT2D eigenvalue weighted by molar-refractivity contribution is 5.92. The van der Waals surface area contributed by atoms with Crippen LogP contribution in [0.15, 0.2) is 0 Å². The van der Waals surface area contributed by atoms with Gasteiger partial charge in [0, 0.05) is 6.54 Å². The molecule has 0 radical (unpaired) electrons. The maximum Gasteiger partial charge on any atom is 0.245 e. The van der Waals surface area contributed by atoms with E-state index in [1.807, 2.05) is 0 Å². The maximum absolute atomic E-state index is 12.6. The monoisotopic (exact) mass is 371 g/mol. The smallest absolute Gasteiger partial charge is 0.245 e. The number of piperidine rings is 1. The van der Waals surface area contributed by atoms with Gasteiger partial charge >= 0.3 is 0 Å². The number of ketones is 1. The Labute approximate surface area is 155 Å². The summed E-state index contributed by atoms with van der Waals surface area (Å²) in [6, 6.07) is -2.23. The molecule has 5 atom stereocenters. The van der Waals surface area contributed by atoms with Crippen molar-refractivity contribution < 1.29 is 24.6 Å². The predicted octanol–water partition coefficient (Wildman–Crippen LogP) is -0.810. The van der Waals surface area contributed by atoms with Crippen molar-refractivity contribution >= 4 is 17.6 Å². The Kier molecular flexibility index (Phi) is 9.18. The highest BCUT2D eigenvalue weighted by atomic mass is 16.3. The molecule has 8 nitrogen and oxygen atoms in total. The summed E-state index contributed by atoms with van der Waals surface area (Å²) >= 11 is 0. The number of aliphatic hydroxyl groups is 2. The van der Waals surface area contributed by atoms with Crippen LogP contribution in [0.5, 0.6) is 0 Å². The highest BCUT2D eigenvalue weighted by Gasteiger charge is 2.33. The van der Waals surface area contributed by atoms with E-state index in [1.54, 1.807) is 0 Å². The third-order valence-electron chi connectivity index (χ3n) is 4.67. The topological polar surface area (TPSA) is 128 Å². The van der Waals surface area contributed by atoms with Gasteiger partial charge < -0.3 is 26.2 Å². The molecule has 0 aromatic heterocycles. The summed E-state index contributed by atoms with van der Waals surface area (Å²) in [5.41, 5.74) is 0. The molecule has 1 aliphatic heterocycles. The lowest BCUT2D eigenvalue weighted by Gasteiger charge is -2.32. The summed E-state index contributed by atoms with van der Waals surface area (Å²) in [4.78, 5) is 36.3. The zero-order chi connectivity index (χ0) is 19.9. The minimum atomic E-state index is -1.18. The highest BCUT2D eigenvalue weighted by Crippen LogP contribution is 2.23. The van der Waals surface area contributed by atoms with Crippen molar-refractivity contribution in [3.63, 3.8) is 0 Å². The first kappa shape index (κ1) is 22.5. The van der Waals surface area contributed by atoms with Crippen molar-refractivity contribution in [1.29, 1.82) is 0 Å². The fraction of sp³-hybridized carbons (Fsp3) is 0.833. The second kappa shape index (κ2) is 10.6. The van der Waals surface area contributed by atoms with Gasteiger partial charge in [-0.15, -0.1) is 0 Å². The summed E-state index contributed by atoms with van der Waals surface area (Å²) in [7, 11) is 0. The summed E-state index contributed by atoms with van der Waals surface area (Å²) in [5, 5.41) is 27.3. The maximum atomic E-state index is 12.6. The van der Waals surface area contributed by atoms with Crippen molar-refractivity contribution in [3.05, 3.63) is 0 Å². The third-order valence-corrected chi connectivity index (χ3v) is 4.67. The van der Waals surface area contributed by atoms with E-state index >= 15 is 0 Å². The SMILES string of the molecule is CC(=O)[C@@H](CO)NC(=O)[C@@H](NC(=O)[C@@H]1CNC[C@@H](CC(C)C)C1)[C@H](C)O. The van der Waals surface area contributed by atoms with E-state index in [0.717, 1.165) is 19.4 Å². The second-order valence-electron chi connectivity index (χ2n) is 7.67. The van der Waals surface area contributed by atoms with Gasteiger partial charge in [-0.05, 0) is 45.1 Å². The molecule has 0 unspecified atom stereocenters. The van der Waals surface area contributed by atoms with Crippen LogP contribution in [0.4, 0.5) is 0 Å². The van der Waals surface area contributed by atoms with Crippen molar-refractivity contribution in [2.45, 2.75) is 58.7 Å². The van der Waals surface area contributed by atoms with E-state index in [0.29, 0.717) is 18.4 Å². The molecule has 26 heavy (non-hydrogen) atoms. The molecular weight excluding hydrogens is 338 g/mol. The number of nitrogens with one attached hydrogen (secondary N) is 3. The van der Waals surface area contributed by atoms with Crippen LogP contribution >= 0.6 is 0 Å². The molecule has 1 fully saturated rings. The first-order valence-electron chi connectivity index (χ1n) is 9.26. The lowest BCUT2D eigenvalue weighted by atomic mass is 9.84. The average Bonchev–Trinajstić information content (AvgIpc) is 2.56. The van der Waals surface area contributed by atoms with Crippen molar-refractivity contribution in [2.24, 2.45) is 17.8 Å². The number of aliphatic hydroxyl groups excluding tert-OH is 2.